The van der Waals surface area contributed by atoms with E-state index in [1.54, 1.807) is 60.7 Å². The molecule has 0 aliphatic carbocycles. The Hall–Kier alpha value is -2.88. The van der Waals surface area contributed by atoms with E-state index in [4.69, 9.17) is 11.6 Å². The van der Waals surface area contributed by atoms with E-state index in [-0.39, 0.29) is 23.3 Å². The zero-order valence-corrected chi connectivity index (χ0v) is 26.3. The molecule has 0 aliphatic rings. The summed E-state index contributed by atoms with van der Waals surface area (Å²) in [5, 5.41) is 3.37. The van der Waals surface area contributed by atoms with Crippen molar-refractivity contribution in [2.24, 2.45) is 5.92 Å². The average molecular weight is 649 g/mol. The quantitative estimate of drug-likeness (QED) is 0.254. The van der Waals surface area contributed by atoms with Gasteiger partial charge in [-0.2, -0.15) is 0 Å². The molecular formula is C30H35BrClN3O4S. The van der Waals surface area contributed by atoms with Crippen LogP contribution in [0, 0.1) is 12.8 Å². The molecule has 3 aromatic rings. The highest BCUT2D eigenvalue weighted by Gasteiger charge is 2.34. The summed E-state index contributed by atoms with van der Waals surface area (Å²) in [4.78, 5) is 28.8. The van der Waals surface area contributed by atoms with Crippen molar-refractivity contribution in [1.29, 1.82) is 0 Å². The molecule has 0 unspecified atom stereocenters. The van der Waals surface area contributed by atoms with Crippen molar-refractivity contribution in [2.75, 3.05) is 17.4 Å². The zero-order valence-electron chi connectivity index (χ0n) is 23.1. The highest BCUT2D eigenvalue weighted by atomic mass is 79.9. The highest BCUT2D eigenvalue weighted by molar-refractivity contribution is 9.10. The van der Waals surface area contributed by atoms with Gasteiger partial charge in [0.2, 0.25) is 11.8 Å². The molecule has 0 heterocycles. The van der Waals surface area contributed by atoms with Crippen LogP contribution in [0.4, 0.5) is 5.69 Å². The summed E-state index contributed by atoms with van der Waals surface area (Å²) in [5.74, 6) is -0.597. The van der Waals surface area contributed by atoms with Gasteiger partial charge in [0.15, 0.2) is 0 Å². The van der Waals surface area contributed by atoms with Crippen LogP contribution in [0.15, 0.2) is 82.2 Å². The van der Waals surface area contributed by atoms with E-state index >= 15 is 0 Å². The minimum atomic E-state index is -4.12. The van der Waals surface area contributed by atoms with Crippen LogP contribution >= 0.6 is 27.5 Å². The smallest absolute Gasteiger partial charge is 0.264 e. The van der Waals surface area contributed by atoms with Crippen LogP contribution in [-0.4, -0.2) is 44.3 Å². The number of halogens is 2. The molecule has 7 nitrogen and oxygen atoms in total. The number of nitrogens with one attached hydrogen (secondary N) is 1. The van der Waals surface area contributed by atoms with E-state index in [1.165, 1.54) is 17.0 Å². The van der Waals surface area contributed by atoms with Crippen LogP contribution in [-0.2, 0) is 26.2 Å². The van der Waals surface area contributed by atoms with Gasteiger partial charge in [0.05, 0.1) is 10.6 Å². The van der Waals surface area contributed by atoms with Crippen molar-refractivity contribution in [3.8, 4) is 0 Å². The molecule has 0 bridgehead atoms. The van der Waals surface area contributed by atoms with Crippen molar-refractivity contribution >= 4 is 55.1 Å². The van der Waals surface area contributed by atoms with E-state index in [2.05, 4.69) is 21.2 Å². The van der Waals surface area contributed by atoms with Crippen LogP contribution < -0.4 is 9.62 Å². The molecule has 0 radical (unpaired) electrons. The summed E-state index contributed by atoms with van der Waals surface area (Å²) >= 11 is 9.82. The Kier molecular flexibility index (Phi) is 11.2. The second kappa shape index (κ2) is 14.1. The SMILES string of the molecule is CC[C@H](C(=O)NCC(C)C)N(Cc1ccccc1Cl)C(=O)CN(c1ccc(Br)cc1)S(=O)(=O)c1ccc(C)cc1. The van der Waals surface area contributed by atoms with Crippen LogP contribution in [0.1, 0.15) is 38.3 Å². The predicted molar refractivity (Wildman–Crippen MR) is 164 cm³/mol. The van der Waals surface area contributed by atoms with Crippen LogP contribution in [0.25, 0.3) is 0 Å². The van der Waals surface area contributed by atoms with Crippen LogP contribution in [0.2, 0.25) is 5.02 Å². The van der Waals surface area contributed by atoms with Gasteiger partial charge < -0.3 is 10.2 Å². The number of rotatable bonds is 12. The van der Waals surface area contributed by atoms with Crippen molar-refractivity contribution in [3.05, 3.63) is 93.4 Å². The Labute approximate surface area is 250 Å². The number of benzene rings is 3. The lowest BCUT2D eigenvalue weighted by Gasteiger charge is -2.33. The lowest BCUT2D eigenvalue weighted by atomic mass is 10.1. The van der Waals surface area contributed by atoms with Gasteiger partial charge in [0.1, 0.15) is 12.6 Å². The van der Waals surface area contributed by atoms with E-state index in [0.717, 1.165) is 14.3 Å². The Bertz CT molecular complexity index is 1410. The van der Waals surface area contributed by atoms with Crippen LogP contribution in [0.3, 0.4) is 0 Å². The molecule has 1 N–H and O–H groups in total. The van der Waals surface area contributed by atoms with Gasteiger partial charge in [-0.05, 0) is 67.3 Å². The van der Waals surface area contributed by atoms with E-state index in [9.17, 15) is 18.0 Å². The third-order valence-corrected chi connectivity index (χ3v) is 9.06. The maximum Gasteiger partial charge on any atom is 0.264 e. The Balaban J connectivity index is 2.05. The van der Waals surface area contributed by atoms with E-state index in [1.807, 2.05) is 27.7 Å². The van der Waals surface area contributed by atoms with Gasteiger partial charge in [-0.3, -0.25) is 13.9 Å². The fourth-order valence-corrected chi connectivity index (χ4v) is 6.00. The fraction of sp³-hybridized carbons (Fsp3) is 0.333. The largest absolute Gasteiger partial charge is 0.354 e. The van der Waals surface area contributed by atoms with Crippen molar-refractivity contribution in [1.82, 2.24) is 10.2 Å². The lowest BCUT2D eigenvalue weighted by Crippen LogP contribution is -2.52. The Morgan fingerprint density at radius 2 is 1.60 bits per heavy atom. The molecule has 3 rings (SSSR count). The van der Waals surface area contributed by atoms with Crippen molar-refractivity contribution in [3.63, 3.8) is 0 Å². The summed E-state index contributed by atoms with van der Waals surface area (Å²) in [7, 11) is -4.12. The van der Waals surface area contributed by atoms with Crippen LogP contribution in [0.5, 0.6) is 0 Å². The van der Waals surface area contributed by atoms with Gasteiger partial charge in [0.25, 0.3) is 10.0 Å². The van der Waals surface area contributed by atoms with Crippen molar-refractivity contribution < 1.29 is 18.0 Å². The summed E-state index contributed by atoms with van der Waals surface area (Å²) in [6, 6.07) is 19.4. The molecule has 0 aromatic heterocycles. The number of carbonyl (C=O) groups excluding carboxylic acids is 2. The minimum absolute atomic E-state index is 0.0465. The topological polar surface area (TPSA) is 86.8 Å². The normalized spacial score (nSPS) is 12.2. The molecule has 3 aromatic carbocycles. The first-order valence-corrected chi connectivity index (χ1v) is 15.7. The Morgan fingerprint density at radius 3 is 2.17 bits per heavy atom. The number of hydrogen-bond donors (Lipinski definition) is 1. The molecule has 10 heteroatoms. The first kappa shape index (κ1) is 31.6. The summed E-state index contributed by atoms with van der Waals surface area (Å²) in [5.41, 5.74) is 1.89. The van der Waals surface area contributed by atoms with Gasteiger partial charge in [-0.1, -0.05) is 84.2 Å². The molecule has 0 aliphatic heterocycles. The number of nitrogens with zero attached hydrogens (tertiary/aromatic N) is 2. The monoisotopic (exact) mass is 647 g/mol. The van der Waals surface area contributed by atoms with Gasteiger partial charge in [-0.25, -0.2) is 8.42 Å². The molecule has 0 saturated heterocycles. The first-order valence-electron chi connectivity index (χ1n) is 13.1. The molecule has 2 amide bonds. The van der Waals surface area contributed by atoms with Gasteiger partial charge in [0, 0.05) is 22.6 Å². The summed E-state index contributed by atoms with van der Waals surface area (Å²) in [6.07, 6.45) is 0.336. The summed E-state index contributed by atoms with van der Waals surface area (Å²) < 4.78 is 29.6. The van der Waals surface area contributed by atoms with E-state index in [0.29, 0.717) is 29.2 Å². The third-order valence-electron chi connectivity index (χ3n) is 6.37. The molecule has 1 atom stereocenters. The third kappa shape index (κ3) is 8.08. The fourth-order valence-electron chi connectivity index (χ4n) is 4.13. The number of carbonyl (C=O) groups is 2. The predicted octanol–water partition coefficient (Wildman–Crippen LogP) is 6.19. The summed E-state index contributed by atoms with van der Waals surface area (Å²) in [6.45, 7) is 7.66. The zero-order chi connectivity index (χ0) is 29.4. The maximum atomic E-state index is 14.1. The average Bonchev–Trinajstić information content (AvgIpc) is 2.92. The number of hydrogen-bond acceptors (Lipinski definition) is 4. The first-order chi connectivity index (χ1) is 18.9. The molecular weight excluding hydrogens is 614 g/mol. The second-order valence-electron chi connectivity index (χ2n) is 9.98. The number of anilines is 1. The van der Waals surface area contributed by atoms with Gasteiger partial charge in [-0.15, -0.1) is 0 Å². The molecule has 0 spiro atoms. The molecule has 40 heavy (non-hydrogen) atoms. The molecule has 0 fully saturated rings. The van der Waals surface area contributed by atoms with Crippen molar-refractivity contribution in [2.45, 2.75) is 51.6 Å². The van der Waals surface area contributed by atoms with Gasteiger partial charge >= 0.3 is 0 Å². The minimum Gasteiger partial charge on any atom is -0.354 e. The number of amides is 2. The number of aryl methyl sites for hydroxylation is 1. The standard InChI is InChI=1S/C30H35BrClN3O4S/c1-5-28(30(37)33-18-21(2)3)34(19-23-8-6-7-9-27(23)32)29(36)20-35(25-14-12-24(31)13-15-25)40(38,39)26-16-10-22(4)11-17-26/h6-17,21,28H,5,18-20H2,1-4H3,(H,33,37)/t28-/m1/s1. The van der Waals surface area contributed by atoms with E-state index < -0.39 is 28.5 Å². The maximum absolute atomic E-state index is 14.1. The highest BCUT2D eigenvalue weighted by Crippen LogP contribution is 2.27. The lowest BCUT2D eigenvalue weighted by molar-refractivity contribution is -0.140. The second-order valence-corrected chi connectivity index (χ2v) is 13.2. The molecule has 214 valence electrons. The Morgan fingerprint density at radius 1 is 0.975 bits per heavy atom. The molecule has 0 saturated carbocycles. The number of sulfonamides is 1.